The van der Waals surface area contributed by atoms with Crippen LogP contribution in [0.2, 0.25) is 0 Å². The minimum atomic E-state index is -0.340. The fraction of sp³-hybridized carbons (Fsp3) is 0.611. The summed E-state index contributed by atoms with van der Waals surface area (Å²) in [6.45, 7) is 11.9. The van der Waals surface area contributed by atoms with E-state index >= 15 is 0 Å². The number of benzene rings is 1. The number of rotatable bonds is 7. The Morgan fingerprint density at radius 2 is 1.62 bits per heavy atom. The molecular weight excluding hydrogens is 310 g/mol. The molecule has 1 aromatic carbocycles. The van der Waals surface area contributed by atoms with E-state index in [-0.39, 0.29) is 18.2 Å². The zero-order chi connectivity index (χ0) is 17.7. The Bertz CT molecular complexity index is 558. The van der Waals surface area contributed by atoms with Crippen LogP contribution < -0.4 is 14.2 Å². The number of carbonyl (C=O) groups excluding carboxylic acids is 1. The van der Waals surface area contributed by atoms with Gasteiger partial charge in [0.2, 0.25) is 5.75 Å². The minimum absolute atomic E-state index is 0.109. The summed E-state index contributed by atoms with van der Waals surface area (Å²) >= 11 is 0. The van der Waals surface area contributed by atoms with Gasteiger partial charge >= 0.3 is 0 Å². The molecule has 1 aliphatic rings. The van der Waals surface area contributed by atoms with E-state index in [1.807, 2.05) is 34.6 Å². The fourth-order valence-corrected chi connectivity index (χ4v) is 2.64. The molecule has 1 amide bonds. The van der Waals surface area contributed by atoms with Crippen molar-refractivity contribution in [2.24, 2.45) is 0 Å². The van der Waals surface area contributed by atoms with Gasteiger partial charge in [0.1, 0.15) is 6.73 Å². The van der Waals surface area contributed by atoms with E-state index in [4.69, 9.17) is 18.9 Å². The number of amides is 1. The third kappa shape index (κ3) is 3.75. The largest absolute Gasteiger partial charge is 0.490 e. The molecule has 0 bridgehead atoms. The lowest BCUT2D eigenvalue weighted by molar-refractivity contribution is 0.0604. The van der Waals surface area contributed by atoms with Crippen molar-refractivity contribution in [1.82, 2.24) is 4.90 Å². The third-order valence-corrected chi connectivity index (χ3v) is 3.81. The summed E-state index contributed by atoms with van der Waals surface area (Å²) in [5.74, 6) is 1.47. The summed E-state index contributed by atoms with van der Waals surface area (Å²) in [4.78, 5) is 14.7. The first kappa shape index (κ1) is 18.4. The second-order valence-corrected chi connectivity index (χ2v) is 6.12. The van der Waals surface area contributed by atoms with Gasteiger partial charge in [0.15, 0.2) is 11.5 Å². The molecule has 0 aromatic heterocycles. The van der Waals surface area contributed by atoms with E-state index in [2.05, 4.69) is 0 Å². The zero-order valence-electron chi connectivity index (χ0n) is 15.2. The van der Waals surface area contributed by atoms with Gasteiger partial charge in [0.25, 0.3) is 5.91 Å². The SMILES string of the molecule is CCOc1cc(C(=O)N2COCC2(C)C)cc(OCC)c1OCC. The monoisotopic (exact) mass is 337 g/mol. The molecule has 0 aliphatic carbocycles. The van der Waals surface area contributed by atoms with Gasteiger partial charge in [-0.25, -0.2) is 0 Å². The summed E-state index contributed by atoms with van der Waals surface area (Å²) < 4.78 is 22.5. The van der Waals surface area contributed by atoms with E-state index < -0.39 is 0 Å². The van der Waals surface area contributed by atoms with Gasteiger partial charge in [-0.2, -0.15) is 0 Å². The van der Waals surface area contributed by atoms with E-state index in [1.165, 1.54) is 0 Å². The highest BCUT2D eigenvalue weighted by molar-refractivity contribution is 5.96. The van der Waals surface area contributed by atoms with Gasteiger partial charge in [-0.1, -0.05) is 0 Å². The molecule has 0 unspecified atom stereocenters. The van der Waals surface area contributed by atoms with Crippen molar-refractivity contribution < 1.29 is 23.7 Å². The molecule has 1 heterocycles. The van der Waals surface area contributed by atoms with E-state index in [9.17, 15) is 4.79 Å². The van der Waals surface area contributed by atoms with Gasteiger partial charge < -0.3 is 23.8 Å². The van der Waals surface area contributed by atoms with Crippen LogP contribution in [0.15, 0.2) is 12.1 Å². The Morgan fingerprint density at radius 1 is 1.08 bits per heavy atom. The average molecular weight is 337 g/mol. The summed E-state index contributed by atoms with van der Waals surface area (Å²) in [7, 11) is 0. The van der Waals surface area contributed by atoms with Crippen molar-refractivity contribution in [3.8, 4) is 17.2 Å². The first-order valence-electron chi connectivity index (χ1n) is 8.40. The highest BCUT2D eigenvalue weighted by Crippen LogP contribution is 2.40. The van der Waals surface area contributed by atoms with Crippen LogP contribution in [0.5, 0.6) is 17.2 Å². The van der Waals surface area contributed by atoms with Crippen LogP contribution >= 0.6 is 0 Å². The summed E-state index contributed by atoms with van der Waals surface area (Å²) in [6.07, 6.45) is 0. The van der Waals surface area contributed by atoms with Crippen LogP contribution in [0.25, 0.3) is 0 Å². The van der Waals surface area contributed by atoms with Crippen molar-refractivity contribution in [3.63, 3.8) is 0 Å². The summed E-state index contributed by atoms with van der Waals surface area (Å²) in [5, 5.41) is 0. The maximum Gasteiger partial charge on any atom is 0.256 e. The second-order valence-electron chi connectivity index (χ2n) is 6.12. The lowest BCUT2D eigenvalue weighted by Gasteiger charge is -2.29. The second kappa shape index (κ2) is 7.75. The van der Waals surface area contributed by atoms with Gasteiger partial charge in [-0.15, -0.1) is 0 Å². The first-order valence-corrected chi connectivity index (χ1v) is 8.40. The Labute approximate surface area is 143 Å². The van der Waals surface area contributed by atoms with Crippen molar-refractivity contribution in [1.29, 1.82) is 0 Å². The van der Waals surface area contributed by atoms with Crippen molar-refractivity contribution in [2.45, 2.75) is 40.2 Å². The van der Waals surface area contributed by atoms with Gasteiger partial charge in [0.05, 0.1) is 32.0 Å². The number of carbonyl (C=O) groups is 1. The predicted octanol–water partition coefficient (Wildman–Crippen LogP) is 3.09. The molecule has 2 rings (SSSR count). The molecule has 0 radical (unpaired) electrons. The Morgan fingerprint density at radius 3 is 2.04 bits per heavy atom. The molecule has 6 nitrogen and oxygen atoms in total. The lowest BCUT2D eigenvalue weighted by Crippen LogP contribution is -2.44. The number of hydrogen-bond donors (Lipinski definition) is 0. The van der Waals surface area contributed by atoms with Crippen LogP contribution in [0.4, 0.5) is 0 Å². The third-order valence-electron chi connectivity index (χ3n) is 3.81. The predicted molar refractivity (Wildman–Crippen MR) is 91.0 cm³/mol. The standard InChI is InChI=1S/C18H27NO5/c1-6-22-14-9-13(10-15(23-7-2)16(14)24-8-3)17(20)19-12-21-11-18(19,4)5/h9-10H,6-8,11-12H2,1-5H3. The number of ether oxygens (including phenoxy) is 4. The van der Waals surface area contributed by atoms with Crippen LogP contribution in [0, 0.1) is 0 Å². The molecule has 134 valence electrons. The normalized spacial score (nSPS) is 16.1. The van der Waals surface area contributed by atoms with Crippen LogP contribution in [0.3, 0.4) is 0 Å². The molecule has 0 atom stereocenters. The van der Waals surface area contributed by atoms with Gasteiger partial charge in [0, 0.05) is 5.56 Å². The molecule has 24 heavy (non-hydrogen) atoms. The molecule has 1 aliphatic heterocycles. The molecule has 0 spiro atoms. The maximum absolute atomic E-state index is 12.9. The maximum atomic E-state index is 12.9. The lowest BCUT2D eigenvalue weighted by atomic mass is 10.0. The smallest absolute Gasteiger partial charge is 0.256 e. The van der Waals surface area contributed by atoms with E-state index in [1.54, 1.807) is 17.0 Å². The van der Waals surface area contributed by atoms with Gasteiger partial charge in [-0.05, 0) is 46.8 Å². The summed E-state index contributed by atoms with van der Waals surface area (Å²) in [5.41, 5.74) is 0.164. The van der Waals surface area contributed by atoms with Crippen molar-refractivity contribution in [2.75, 3.05) is 33.2 Å². The molecule has 1 aromatic rings. The molecule has 1 saturated heterocycles. The van der Waals surface area contributed by atoms with Crippen molar-refractivity contribution in [3.05, 3.63) is 17.7 Å². The number of nitrogens with zero attached hydrogens (tertiary/aromatic N) is 1. The zero-order valence-corrected chi connectivity index (χ0v) is 15.2. The Balaban J connectivity index is 2.44. The minimum Gasteiger partial charge on any atom is -0.490 e. The topological polar surface area (TPSA) is 57.2 Å². The summed E-state index contributed by atoms with van der Waals surface area (Å²) in [6, 6.07) is 3.43. The molecule has 0 saturated carbocycles. The number of hydrogen-bond acceptors (Lipinski definition) is 5. The average Bonchev–Trinajstić information content (AvgIpc) is 2.89. The van der Waals surface area contributed by atoms with Crippen LogP contribution in [0.1, 0.15) is 45.0 Å². The van der Waals surface area contributed by atoms with Crippen LogP contribution in [-0.2, 0) is 4.74 Å². The highest BCUT2D eigenvalue weighted by atomic mass is 16.5. The first-order chi connectivity index (χ1) is 11.4. The molecule has 0 N–H and O–H groups in total. The Kier molecular flexibility index (Phi) is 5.94. The Hall–Kier alpha value is -1.95. The van der Waals surface area contributed by atoms with Gasteiger partial charge in [-0.3, -0.25) is 4.79 Å². The van der Waals surface area contributed by atoms with E-state index in [0.717, 1.165) is 0 Å². The van der Waals surface area contributed by atoms with Crippen LogP contribution in [-0.4, -0.2) is 49.5 Å². The quantitative estimate of drug-likeness (QED) is 0.765. The van der Waals surface area contributed by atoms with Crippen molar-refractivity contribution >= 4 is 5.91 Å². The molecular formula is C18H27NO5. The highest BCUT2D eigenvalue weighted by Gasteiger charge is 2.37. The molecule has 1 fully saturated rings. The molecule has 6 heteroatoms. The fourth-order valence-electron chi connectivity index (χ4n) is 2.64. The van der Waals surface area contributed by atoms with E-state index in [0.29, 0.717) is 49.2 Å².